The lowest BCUT2D eigenvalue weighted by Gasteiger charge is -2.24. The van der Waals surface area contributed by atoms with Crippen LogP contribution in [-0.4, -0.2) is 18.4 Å². The van der Waals surface area contributed by atoms with Gasteiger partial charge in [0.2, 0.25) is 11.8 Å². The van der Waals surface area contributed by atoms with Crippen molar-refractivity contribution >= 4 is 23.2 Å². The number of hydrogen-bond acceptors (Lipinski definition) is 2. The van der Waals surface area contributed by atoms with Crippen LogP contribution in [0, 0.1) is 5.92 Å². The summed E-state index contributed by atoms with van der Waals surface area (Å²) in [6.45, 7) is 13.3. The molecule has 1 atom stereocenters. The quantitative estimate of drug-likeness (QED) is 0.773. The molecule has 154 valence electrons. The maximum atomic E-state index is 12.9. The number of nitrogens with zero attached hydrogens (tertiary/aromatic N) is 1. The summed E-state index contributed by atoms with van der Waals surface area (Å²) in [5.74, 6) is -0.445. The number of rotatable bonds is 3. The first-order valence-electron chi connectivity index (χ1n) is 10.3. The number of amides is 2. The van der Waals surface area contributed by atoms with Crippen LogP contribution < -0.4 is 10.2 Å². The molecule has 3 rings (SSSR count). The van der Waals surface area contributed by atoms with Crippen molar-refractivity contribution in [2.45, 2.75) is 58.8 Å². The molecule has 4 heteroatoms. The zero-order valence-electron chi connectivity index (χ0n) is 18.4. The molecule has 0 aromatic heterocycles. The first kappa shape index (κ1) is 21.1. The zero-order chi connectivity index (χ0) is 21.4. The summed E-state index contributed by atoms with van der Waals surface area (Å²) in [5, 5.41) is 3.06. The second-order valence-electron chi connectivity index (χ2n) is 9.99. The molecule has 2 aromatic carbocycles. The molecular weight excluding hydrogens is 360 g/mol. The summed E-state index contributed by atoms with van der Waals surface area (Å²) in [6.07, 6.45) is 0.241. The number of carbonyl (C=O) groups is 2. The van der Waals surface area contributed by atoms with Crippen LogP contribution in [0.4, 0.5) is 11.4 Å². The van der Waals surface area contributed by atoms with Crippen LogP contribution in [-0.2, 0) is 20.4 Å². The van der Waals surface area contributed by atoms with Gasteiger partial charge < -0.3 is 10.2 Å². The molecule has 0 spiro atoms. The average molecular weight is 393 g/mol. The predicted molar refractivity (Wildman–Crippen MR) is 119 cm³/mol. The van der Waals surface area contributed by atoms with E-state index < -0.39 is 0 Å². The van der Waals surface area contributed by atoms with E-state index in [9.17, 15) is 9.59 Å². The number of carbonyl (C=O) groups excluding carboxylic acids is 2. The number of hydrogen-bond donors (Lipinski definition) is 1. The molecule has 1 fully saturated rings. The molecule has 1 heterocycles. The van der Waals surface area contributed by atoms with E-state index in [0.717, 1.165) is 16.9 Å². The van der Waals surface area contributed by atoms with E-state index >= 15 is 0 Å². The standard InChI is InChI=1S/C25H32N2O2/c1-24(2,3)18-11-13-19(14-12-18)27-16-17(15-22(27)28)23(29)26-21-10-8-7-9-20(21)25(4,5)6/h7-14,17H,15-16H2,1-6H3,(H,26,29)/t17-/m1/s1. The summed E-state index contributed by atoms with van der Waals surface area (Å²) >= 11 is 0. The Hall–Kier alpha value is -2.62. The van der Waals surface area contributed by atoms with Crippen molar-refractivity contribution in [3.05, 3.63) is 59.7 Å². The van der Waals surface area contributed by atoms with E-state index in [2.05, 4.69) is 59.0 Å². The van der Waals surface area contributed by atoms with Gasteiger partial charge in [-0.05, 0) is 40.2 Å². The fourth-order valence-corrected chi connectivity index (χ4v) is 3.76. The van der Waals surface area contributed by atoms with Crippen molar-refractivity contribution in [2.24, 2.45) is 5.92 Å². The minimum Gasteiger partial charge on any atom is -0.326 e. The monoisotopic (exact) mass is 392 g/mol. The lowest BCUT2D eigenvalue weighted by atomic mass is 9.85. The third kappa shape index (κ3) is 4.69. The average Bonchev–Trinajstić information content (AvgIpc) is 3.02. The van der Waals surface area contributed by atoms with Crippen molar-refractivity contribution in [3.63, 3.8) is 0 Å². The molecule has 1 aliphatic rings. The van der Waals surface area contributed by atoms with E-state index in [1.807, 2.05) is 36.4 Å². The van der Waals surface area contributed by atoms with Crippen LogP contribution in [0.3, 0.4) is 0 Å². The Bertz CT molecular complexity index is 902. The van der Waals surface area contributed by atoms with Crippen LogP contribution in [0.1, 0.15) is 59.1 Å². The van der Waals surface area contributed by atoms with E-state index in [1.54, 1.807) is 4.90 Å². The van der Waals surface area contributed by atoms with Crippen molar-refractivity contribution in [3.8, 4) is 0 Å². The largest absolute Gasteiger partial charge is 0.326 e. The second kappa shape index (κ2) is 7.66. The van der Waals surface area contributed by atoms with Crippen LogP contribution in [0.25, 0.3) is 0 Å². The van der Waals surface area contributed by atoms with Gasteiger partial charge >= 0.3 is 0 Å². The van der Waals surface area contributed by atoms with Crippen LogP contribution >= 0.6 is 0 Å². The topological polar surface area (TPSA) is 49.4 Å². The fourth-order valence-electron chi connectivity index (χ4n) is 3.76. The molecule has 0 saturated carbocycles. The Morgan fingerprint density at radius 3 is 2.14 bits per heavy atom. The van der Waals surface area contributed by atoms with Crippen LogP contribution in [0.15, 0.2) is 48.5 Å². The van der Waals surface area contributed by atoms with Gasteiger partial charge in [0.25, 0.3) is 0 Å². The van der Waals surface area contributed by atoms with Gasteiger partial charge in [0, 0.05) is 24.3 Å². The Morgan fingerprint density at radius 2 is 1.55 bits per heavy atom. The van der Waals surface area contributed by atoms with Gasteiger partial charge in [-0.2, -0.15) is 0 Å². The first-order valence-corrected chi connectivity index (χ1v) is 10.3. The third-order valence-electron chi connectivity index (χ3n) is 5.53. The summed E-state index contributed by atoms with van der Waals surface area (Å²) < 4.78 is 0. The Labute approximate surface area is 174 Å². The molecule has 4 nitrogen and oxygen atoms in total. The van der Waals surface area contributed by atoms with Gasteiger partial charge in [-0.15, -0.1) is 0 Å². The highest BCUT2D eigenvalue weighted by atomic mass is 16.2. The van der Waals surface area contributed by atoms with Gasteiger partial charge in [-0.25, -0.2) is 0 Å². The highest BCUT2D eigenvalue weighted by molar-refractivity contribution is 6.03. The van der Waals surface area contributed by atoms with Gasteiger partial charge in [-0.1, -0.05) is 71.9 Å². The van der Waals surface area contributed by atoms with Crippen molar-refractivity contribution in [1.29, 1.82) is 0 Å². The summed E-state index contributed by atoms with van der Waals surface area (Å²) in [7, 11) is 0. The van der Waals surface area contributed by atoms with E-state index in [1.165, 1.54) is 5.56 Å². The SMILES string of the molecule is CC(C)(C)c1ccc(N2C[C@H](C(=O)Nc3ccccc3C(C)(C)C)CC2=O)cc1. The summed E-state index contributed by atoms with van der Waals surface area (Å²) in [6, 6.07) is 16.0. The van der Waals surface area contributed by atoms with E-state index in [0.29, 0.717) is 6.54 Å². The molecular formula is C25H32N2O2. The third-order valence-corrected chi connectivity index (χ3v) is 5.53. The molecule has 2 amide bonds. The van der Waals surface area contributed by atoms with Gasteiger partial charge in [0.1, 0.15) is 0 Å². The maximum Gasteiger partial charge on any atom is 0.229 e. The lowest BCUT2D eigenvalue weighted by molar-refractivity contribution is -0.122. The zero-order valence-corrected chi connectivity index (χ0v) is 18.4. The lowest BCUT2D eigenvalue weighted by Crippen LogP contribution is -2.29. The summed E-state index contributed by atoms with van der Waals surface area (Å²) in [5.41, 5.74) is 3.99. The highest BCUT2D eigenvalue weighted by Gasteiger charge is 2.35. The Balaban J connectivity index is 1.73. The van der Waals surface area contributed by atoms with Gasteiger partial charge in [0.05, 0.1) is 5.92 Å². The number of benzene rings is 2. The molecule has 0 aliphatic carbocycles. The van der Waals surface area contributed by atoms with Crippen molar-refractivity contribution in [2.75, 3.05) is 16.8 Å². The normalized spacial score (nSPS) is 17.5. The van der Waals surface area contributed by atoms with Crippen molar-refractivity contribution in [1.82, 2.24) is 0 Å². The smallest absolute Gasteiger partial charge is 0.229 e. The molecule has 1 saturated heterocycles. The molecule has 0 bridgehead atoms. The molecule has 29 heavy (non-hydrogen) atoms. The van der Waals surface area contributed by atoms with Gasteiger partial charge in [0.15, 0.2) is 0 Å². The van der Waals surface area contributed by atoms with E-state index in [-0.39, 0.29) is 35.0 Å². The van der Waals surface area contributed by atoms with Gasteiger partial charge in [-0.3, -0.25) is 9.59 Å². The minimum absolute atomic E-state index is 0.00207. The molecule has 2 aromatic rings. The number of nitrogens with one attached hydrogen (secondary N) is 1. The molecule has 0 radical (unpaired) electrons. The van der Waals surface area contributed by atoms with Crippen LogP contribution in [0.2, 0.25) is 0 Å². The maximum absolute atomic E-state index is 12.9. The summed E-state index contributed by atoms with van der Waals surface area (Å²) in [4.78, 5) is 27.2. The highest BCUT2D eigenvalue weighted by Crippen LogP contribution is 2.32. The molecule has 0 unspecified atom stereocenters. The number of para-hydroxylation sites is 1. The fraction of sp³-hybridized carbons (Fsp3) is 0.440. The molecule has 1 aliphatic heterocycles. The predicted octanol–water partition coefficient (Wildman–Crippen LogP) is 5.27. The number of anilines is 2. The minimum atomic E-state index is -0.349. The Morgan fingerprint density at radius 1 is 0.931 bits per heavy atom. The Kier molecular flexibility index (Phi) is 5.57. The second-order valence-corrected chi connectivity index (χ2v) is 9.99. The van der Waals surface area contributed by atoms with Crippen LogP contribution in [0.5, 0.6) is 0 Å². The van der Waals surface area contributed by atoms with Crippen molar-refractivity contribution < 1.29 is 9.59 Å². The molecule has 1 N–H and O–H groups in total. The van der Waals surface area contributed by atoms with E-state index in [4.69, 9.17) is 0 Å². The first-order chi connectivity index (χ1) is 13.5.